The minimum absolute atomic E-state index is 0.0881. The maximum Gasteiger partial charge on any atom is 0.203 e. The second-order valence-electron chi connectivity index (χ2n) is 4.65. The topological polar surface area (TPSA) is 70.1 Å². The third kappa shape index (κ3) is 2.24. The molecular weight excluding hydrogens is 206 g/mol. The Labute approximate surface area is 95.6 Å². The molecule has 0 spiro atoms. The number of rotatable bonds is 4. The number of methoxy groups -OCH3 is 1. The quantitative estimate of drug-likeness (QED) is 0.786. The van der Waals surface area contributed by atoms with Crippen LogP contribution in [0.5, 0.6) is 5.75 Å². The van der Waals surface area contributed by atoms with Gasteiger partial charge in [-0.15, -0.1) is 0 Å². The monoisotopic (exact) mass is 225 g/mol. The summed E-state index contributed by atoms with van der Waals surface area (Å²) in [5.41, 5.74) is 5.32. The van der Waals surface area contributed by atoms with Crippen LogP contribution in [0.4, 0.5) is 0 Å². The molecule has 0 atom stereocenters. The predicted octanol–water partition coefficient (Wildman–Crippen LogP) is 1.39. The molecular formula is C11H19N3O2. The first-order chi connectivity index (χ1) is 7.29. The molecule has 0 amide bonds. The maximum atomic E-state index is 12.2. The summed E-state index contributed by atoms with van der Waals surface area (Å²) in [5.74, 6) is 0.299. The molecule has 1 heterocycles. The van der Waals surface area contributed by atoms with Crippen molar-refractivity contribution in [1.29, 1.82) is 0 Å². The number of nitrogens with zero attached hydrogens (tertiary/aromatic N) is 2. The van der Waals surface area contributed by atoms with Gasteiger partial charge in [-0.1, -0.05) is 0 Å². The highest BCUT2D eigenvalue weighted by molar-refractivity contribution is 6.03. The van der Waals surface area contributed by atoms with Crippen LogP contribution in [-0.4, -0.2) is 28.2 Å². The molecule has 16 heavy (non-hydrogen) atoms. The fraction of sp³-hybridized carbons (Fsp3) is 0.636. The fourth-order valence-corrected chi connectivity index (χ4v) is 1.41. The van der Waals surface area contributed by atoms with Crippen molar-refractivity contribution in [1.82, 2.24) is 9.78 Å². The summed E-state index contributed by atoms with van der Waals surface area (Å²) in [5, 5.41) is 4.14. The van der Waals surface area contributed by atoms with Crippen molar-refractivity contribution >= 4 is 5.78 Å². The van der Waals surface area contributed by atoms with E-state index in [0.717, 1.165) is 0 Å². The normalized spacial score (nSPS) is 11.9. The molecule has 0 unspecified atom stereocenters. The van der Waals surface area contributed by atoms with E-state index in [1.54, 1.807) is 24.7 Å². The first-order valence-corrected chi connectivity index (χ1v) is 5.24. The van der Waals surface area contributed by atoms with Gasteiger partial charge in [0, 0.05) is 6.04 Å². The van der Waals surface area contributed by atoms with Crippen molar-refractivity contribution in [3.05, 3.63) is 11.9 Å². The van der Waals surface area contributed by atoms with Crippen molar-refractivity contribution in [2.75, 3.05) is 7.11 Å². The van der Waals surface area contributed by atoms with E-state index in [1.165, 1.54) is 7.11 Å². The second-order valence-corrected chi connectivity index (χ2v) is 4.65. The largest absolute Gasteiger partial charge is 0.493 e. The minimum Gasteiger partial charge on any atom is -0.493 e. The lowest BCUT2D eigenvalue weighted by atomic mass is 9.97. The first kappa shape index (κ1) is 12.7. The Hall–Kier alpha value is -1.36. The minimum atomic E-state index is -0.931. The molecule has 0 aliphatic rings. The van der Waals surface area contributed by atoms with Crippen molar-refractivity contribution in [3.8, 4) is 5.75 Å². The van der Waals surface area contributed by atoms with Gasteiger partial charge in [0.15, 0.2) is 5.75 Å². The van der Waals surface area contributed by atoms with E-state index in [2.05, 4.69) is 5.10 Å². The Morgan fingerprint density at radius 3 is 2.50 bits per heavy atom. The lowest BCUT2D eigenvalue weighted by Crippen LogP contribution is -2.42. The molecule has 2 N–H and O–H groups in total. The molecule has 1 aromatic rings. The molecule has 0 saturated carbocycles. The van der Waals surface area contributed by atoms with Crippen LogP contribution >= 0.6 is 0 Å². The molecule has 0 aromatic carbocycles. The van der Waals surface area contributed by atoms with E-state index in [-0.39, 0.29) is 11.8 Å². The summed E-state index contributed by atoms with van der Waals surface area (Å²) in [6, 6.07) is 0.0881. The Bertz CT molecular complexity index is 388. The van der Waals surface area contributed by atoms with Crippen LogP contribution < -0.4 is 10.5 Å². The second kappa shape index (κ2) is 4.25. The van der Waals surface area contributed by atoms with E-state index in [9.17, 15) is 4.79 Å². The molecule has 5 nitrogen and oxygen atoms in total. The third-order valence-electron chi connectivity index (χ3n) is 2.27. The van der Waals surface area contributed by atoms with E-state index >= 15 is 0 Å². The smallest absolute Gasteiger partial charge is 0.203 e. The highest BCUT2D eigenvalue weighted by Gasteiger charge is 2.30. The number of hydrogen-bond donors (Lipinski definition) is 1. The van der Waals surface area contributed by atoms with Gasteiger partial charge in [0.05, 0.1) is 18.8 Å². The average molecular weight is 225 g/mol. The Morgan fingerprint density at radius 2 is 2.12 bits per heavy atom. The average Bonchev–Trinajstić information content (AvgIpc) is 2.57. The Kier molecular flexibility index (Phi) is 3.38. The zero-order chi connectivity index (χ0) is 12.5. The van der Waals surface area contributed by atoms with Crippen LogP contribution in [0.25, 0.3) is 0 Å². The molecule has 0 radical (unpaired) electrons. The Morgan fingerprint density at radius 1 is 1.56 bits per heavy atom. The number of carbonyl (C=O) groups is 1. The molecule has 0 saturated heterocycles. The van der Waals surface area contributed by atoms with E-state index in [0.29, 0.717) is 11.4 Å². The van der Waals surface area contributed by atoms with Gasteiger partial charge in [0.1, 0.15) is 5.69 Å². The number of ketones is 1. The zero-order valence-corrected chi connectivity index (χ0v) is 10.4. The number of nitrogens with two attached hydrogens (primary N) is 1. The van der Waals surface area contributed by atoms with Crippen LogP contribution in [0.1, 0.15) is 44.2 Å². The van der Waals surface area contributed by atoms with Crippen LogP contribution in [-0.2, 0) is 0 Å². The predicted molar refractivity (Wildman–Crippen MR) is 61.8 cm³/mol. The summed E-state index contributed by atoms with van der Waals surface area (Å²) in [6.07, 6.45) is 1.54. The highest BCUT2D eigenvalue weighted by Crippen LogP contribution is 2.24. The van der Waals surface area contributed by atoms with Crippen molar-refractivity contribution in [2.24, 2.45) is 5.73 Å². The van der Waals surface area contributed by atoms with Gasteiger partial charge in [-0.3, -0.25) is 9.48 Å². The fourth-order valence-electron chi connectivity index (χ4n) is 1.41. The molecule has 5 heteroatoms. The van der Waals surface area contributed by atoms with E-state index < -0.39 is 5.54 Å². The lowest BCUT2D eigenvalue weighted by Gasteiger charge is -2.19. The lowest BCUT2D eigenvalue weighted by molar-refractivity contribution is 0.0897. The Balaban J connectivity index is 3.29. The van der Waals surface area contributed by atoms with E-state index in [1.807, 2.05) is 13.8 Å². The SMILES string of the molecule is COc1cnn(C(C)C)c1C(=O)C(C)(C)N. The maximum absolute atomic E-state index is 12.2. The summed E-state index contributed by atoms with van der Waals surface area (Å²) in [6.45, 7) is 7.25. The number of ether oxygens (including phenoxy) is 1. The van der Waals surface area contributed by atoms with Crippen LogP contribution in [0, 0.1) is 0 Å². The van der Waals surface area contributed by atoms with Gasteiger partial charge in [0.25, 0.3) is 0 Å². The highest BCUT2D eigenvalue weighted by atomic mass is 16.5. The number of Topliss-reactive ketones (excluding diaryl/α,β-unsaturated/α-hetero) is 1. The van der Waals surface area contributed by atoms with Gasteiger partial charge in [0.2, 0.25) is 5.78 Å². The van der Waals surface area contributed by atoms with E-state index in [4.69, 9.17) is 10.5 Å². The summed E-state index contributed by atoms with van der Waals surface area (Å²) in [7, 11) is 1.52. The summed E-state index contributed by atoms with van der Waals surface area (Å²) < 4.78 is 6.77. The molecule has 1 aromatic heterocycles. The van der Waals surface area contributed by atoms with Crippen molar-refractivity contribution in [2.45, 2.75) is 39.3 Å². The van der Waals surface area contributed by atoms with Crippen LogP contribution in [0.15, 0.2) is 6.20 Å². The van der Waals surface area contributed by atoms with Gasteiger partial charge < -0.3 is 10.5 Å². The molecule has 0 aliphatic heterocycles. The molecule has 0 fully saturated rings. The van der Waals surface area contributed by atoms with Gasteiger partial charge in [-0.05, 0) is 27.7 Å². The number of aromatic nitrogens is 2. The molecule has 0 aliphatic carbocycles. The standard InChI is InChI=1S/C11H19N3O2/c1-7(2)14-9(8(16-5)6-13-14)10(15)11(3,4)12/h6-7H,12H2,1-5H3. The van der Waals surface area contributed by atoms with Gasteiger partial charge in [-0.2, -0.15) is 5.10 Å². The summed E-state index contributed by atoms with van der Waals surface area (Å²) >= 11 is 0. The van der Waals surface area contributed by atoms with Gasteiger partial charge >= 0.3 is 0 Å². The first-order valence-electron chi connectivity index (χ1n) is 5.24. The summed E-state index contributed by atoms with van der Waals surface area (Å²) in [4.78, 5) is 12.2. The number of hydrogen-bond acceptors (Lipinski definition) is 4. The van der Waals surface area contributed by atoms with Crippen LogP contribution in [0.2, 0.25) is 0 Å². The molecule has 90 valence electrons. The molecule has 0 bridgehead atoms. The van der Waals surface area contributed by atoms with Crippen molar-refractivity contribution in [3.63, 3.8) is 0 Å². The van der Waals surface area contributed by atoms with Crippen LogP contribution in [0.3, 0.4) is 0 Å². The van der Waals surface area contributed by atoms with Gasteiger partial charge in [-0.25, -0.2) is 0 Å². The molecule has 1 rings (SSSR count). The zero-order valence-electron chi connectivity index (χ0n) is 10.4. The van der Waals surface area contributed by atoms with Crippen molar-refractivity contribution < 1.29 is 9.53 Å². The third-order valence-corrected chi connectivity index (χ3v) is 2.27. The number of carbonyl (C=O) groups excluding carboxylic acids is 1.